The maximum absolute atomic E-state index is 13.1. The number of carbonyl (C=O) groups is 2. The van der Waals surface area contributed by atoms with Crippen LogP contribution in [0.5, 0.6) is 0 Å². The molecule has 0 unspecified atom stereocenters. The lowest BCUT2D eigenvalue weighted by Crippen LogP contribution is -2.30. The molecule has 3 aromatic carbocycles. The fourth-order valence-electron chi connectivity index (χ4n) is 4.43. The first-order valence-corrected chi connectivity index (χ1v) is 12.9. The van der Waals surface area contributed by atoms with Crippen molar-refractivity contribution in [3.05, 3.63) is 70.2 Å². The van der Waals surface area contributed by atoms with Crippen LogP contribution in [0.1, 0.15) is 42.5 Å². The molecule has 8 heteroatoms. The monoisotopic (exact) mass is 516 g/mol. The van der Waals surface area contributed by atoms with E-state index in [1.165, 1.54) is 31.2 Å². The Morgan fingerprint density at radius 3 is 2.35 bits per heavy atom. The number of halogens is 2. The third kappa shape index (κ3) is 6.17. The van der Waals surface area contributed by atoms with Crippen LogP contribution >= 0.6 is 35.1 Å². The number of carboxylic acid groups (broad SMARTS) is 1. The summed E-state index contributed by atoms with van der Waals surface area (Å²) in [6, 6.07) is 16.3. The molecule has 0 radical (unpaired) electrons. The van der Waals surface area contributed by atoms with Crippen molar-refractivity contribution in [1.29, 1.82) is 0 Å². The minimum Gasteiger partial charge on any atom is -0.480 e. The van der Waals surface area contributed by atoms with E-state index < -0.39 is 5.97 Å². The molecular weight excluding hydrogens is 491 g/mol. The van der Waals surface area contributed by atoms with Crippen molar-refractivity contribution in [3.8, 4) is 0 Å². The van der Waals surface area contributed by atoms with E-state index in [9.17, 15) is 14.7 Å². The summed E-state index contributed by atoms with van der Waals surface area (Å²) in [4.78, 5) is 25.5. The van der Waals surface area contributed by atoms with Crippen molar-refractivity contribution in [2.75, 3.05) is 17.4 Å². The number of aliphatic carboxylic acids is 1. The maximum atomic E-state index is 13.1. The average Bonchev–Trinajstić information content (AvgIpc) is 2.81. The molecule has 2 N–H and O–H groups in total. The van der Waals surface area contributed by atoms with Crippen LogP contribution in [0.3, 0.4) is 0 Å². The Balaban J connectivity index is 1.64. The van der Waals surface area contributed by atoms with Crippen molar-refractivity contribution in [2.45, 2.75) is 37.0 Å². The summed E-state index contributed by atoms with van der Waals surface area (Å²) in [7, 11) is 0. The summed E-state index contributed by atoms with van der Waals surface area (Å²) in [6.45, 7) is 0.442. The molecule has 3 aromatic rings. The number of carbonyl (C=O) groups excluding carboxylic acids is 1. The number of amides is 1. The van der Waals surface area contributed by atoms with Gasteiger partial charge in [-0.25, -0.2) is 0 Å². The highest BCUT2D eigenvalue weighted by atomic mass is 35.5. The van der Waals surface area contributed by atoms with E-state index in [0.717, 1.165) is 28.5 Å². The molecule has 4 rings (SSSR count). The lowest BCUT2D eigenvalue weighted by atomic mass is 9.89. The molecule has 0 bridgehead atoms. The fourth-order valence-corrected chi connectivity index (χ4v) is 6.13. The first-order valence-electron chi connectivity index (χ1n) is 11.3. The summed E-state index contributed by atoms with van der Waals surface area (Å²) >= 11 is 13.5. The van der Waals surface area contributed by atoms with Crippen LogP contribution in [0.25, 0.3) is 10.8 Å². The molecule has 34 heavy (non-hydrogen) atoms. The van der Waals surface area contributed by atoms with Gasteiger partial charge >= 0.3 is 5.97 Å². The summed E-state index contributed by atoms with van der Waals surface area (Å²) in [5, 5.41) is 15.2. The molecule has 0 saturated heterocycles. The van der Waals surface area contributed by atoms with Gasteiger partial charge in [-0.2, -0.15) is 0 Å². The van der Waals surface area contributed by atoms with Gasteiger partial charge in [0.15, 0.2) is 0 Å². The molecular formula is C26H26Cl2N2O3S. The standard InChI is InChI=1S/C26H26Cl2N2O3S/c27-18-12-19(28)14-20(13-18)34-30(16-25(31)32)24-11-5-8-21-22(24)9-4-10-23(21)26(33)29-15-17-6-2-1-3-7-17/h4-5,8-14,17H,1-3,6-7,15-16H2,(H,29,33)(H,31,32). The Bertz CT molecular complexity index is 1180. The van der Waals surface area contributed by atoms with Gasteiger partial charge in [-0.05, 0) is 66.4 Å². The predicted molar refractivity (Wildman–Crippen MR) is 140 cm³/mol. The van der Waals surface area contributed by atoms with Crippen molar-refractivity contribution in [2.24, 2.45) is 5.92 Å². The van der Waals surface area contributed by atoms with Gasteiger partial charge in [0.2, 0.25) is 0 Å². The predicted octanol–water partition coefficient (Wildman–Crippen LogP) is 7.06. The van der Waals surface area contributed by atoms with Gasteiger partial charge in [0, 0.05) is 32.4 Å². The maximum Gasteiger partial charge on any atom is 0.324 e. The summed E-state index contributed by atoms with van der Waals surface area (Å²) in [5.41, 5.74) is 1.28. The molecule has 1 fully saturated rings. The molecule has 0 heterocycles. The van der Waals surface area contributed by atoms with Gasteiger partial charge < -0.3 is 14.7 Å². The quantitative estimate of drug-likeness (QED) is 0.313. The second kappa shape index (κ2) is 11.3. The molecule has 1 amide bonds. The Labute approximate surface area is 213 Å². The van der Waals surface area contributed by atoms with E-state index in [1.807, 2.05) is 36.4 Å². The van der Waals surface area contributed by atoms with Gasteiger partial charge in [-0.1, -0.05) is 66.7 Å². The normalized spacial score (nSPS) is 14.2. The van der Waals surface area contributed by atoms with Crippen molar-refractivity contribution >= 4 is 63.5 Å². The Morgan fingerprint density at radius 2 is 1.65 bits per heavy atom. The van der Waals surface area contributed by atoms with Gasteiger partial charge in [0.1, 0.15) is 6.54 Å². The van der Waals surface area contributed by atoms with Gasteiger partial charge in [-0.15, -0.1) is 0 Å². The Morgan fingerprint density at radius 1 is 0.971 bits per heavy atom. The zero-order valence-electron chi connectivity index (χ0n) is 18.6. The number of anilines is 1. The number of fused-ring (bicyclic) bond motifs is 1. The lowest BCUT2D eigenvalue weighted by molar-refractivity contribution is -0.135. The van der Waals surface area contributed by atoms with E-state index in [4.69, 9.17) is 23.2 Å². The number of rotatable bonds is 8. The lowest BCUT2D eigenvalue weighted by Gasteiger charge is -2.24. The second-order valence-electron chi connectivity index (χ2n) is 8.52. The highest BCUT2D eigenvalue weighted by molar-refractivity contribution is 8.00. The highest BCUT2D eigenvalue weighted by Crippen LogP contribution is 2.37. The van der Waals surface area contributed by atoms with Gasteiger partial charge in [-0.3, -0.25) is 9.59 Å². The molecule has 5 nitrogen and oxygen atoms in total. The van der Waals surface area contributed by atoms with Crippen LogP contribution in [-0.4, -0.2) is 30.1 Å². The molecule has 1 aliphatic rings. The number of benzene rings is 3. The number of nitrogens with one attached hydrogen (secondary N) is 1. The summed E-state index contributed by atoms with van der Waals surface area (Å²) in [5.74, 6) is -0.540. The van der Waals surface area contributed by atoms with E-state index in [2.05, 4.69) is 5.32 Å². The van der Waals surface area contributed by atoms with Crippen LogP contribution in [-0.2, 0) is 4.79 Å². The Hall–Kier alpha value is -2.41. The molecule has 0 atom stereocenters. The van der Waals surface area contributed by atoms with Crippen LogP contribution in [0.15, 0.2) is 59.5 Å². The first-order chi connectivity index (χ1) is 16.4. The average molecular weight is 517 g/mol. The molecule has 0 aliphatic heterocycles. The van der Waals surface area contributed by atoms with Crippen LogP contribution in [0.2, 0.25) is 10.0 Å². The first kappa shape index (κ1) is 24.7. The minimum atomic E-state index is -0.973. The number of carboxylic acids is 1. The zero-order valence-corrected chi connectivity index (χ0v) is 20.9. The minimum absolute atomic E-state index is 0.104. The van der Waals surface area contributed by atoms with Crippen molar-refractivity contribution in [3.63, 3.8) is 0 Å². The number of hydrogen-bond donors (Lipinski definition) is 2. The molecule has 178 valence electrons. The summed E-state index contributed by atoms with van der Waals surface area (Å²) < 4.78 is 1.68. The second-order valence-corrected chi connectivity index (χ2v) is 10.5. The SMILES string of the molecule is O=C(O)CN(Sc1cc(Cl)cc(Cl)c1)c1cccc2c(C(=O)NCC3CCCCC3)cccc12. The molecule has 0 aromatic heterocycles. The van der Waals surface area contributed by atoms with Crippen LogP contribution in [0.4, 0.5) is 5.69 Å². The van der Waals surface area contributed by atoms with Crippen LogP contribution < -0.4 is 9.62 Å². The topological polar surface area (TPSA) is 69.6 Å². The van der Waals surface area contributed by atoms with E-state index >= 15 is 0 Å². The van der Waals surface area contributed by atoms with E-state index in [0.29, 0.717) is 33.8 Å². The van der Waals surface area contributed by atoms with E-state index in [1.54, 1.807) is 22.5 Å². The smallest absolute Gasteiger partial charge is 0.324 e. The third-order valence-corrected chi connectivity index (χ3v) is 7.45. The van der Waals surface area contributed by atoms with Crippen LogP contribution in [0, 0.1) is 5.92 Å². The van der Waals surface area contributed by atoms with Gasteiger partial charge in [0.05, 0.1) is 5.69 Å². The van der Waals surface area contributed by atoms with E-state index in [-0.39, 0.29) is 12.5 Å². The zero-order chi connectivity index (χ0) is 24.1. The number of hydrogen-bond acceptors (Lipinski definition) is 4. The molecule has 1 aliphatic carbocycles. The molecule has 0 spiro atoms. The van der Waals surface area contributed by atoms with Crippen molar-refractivity contribution < 1.29 is 14.7 Å². The largest absolute Gasteiger partial charge is 0.480 e. The molecule has 1 saturated carbocycles. The Kier molecular flexibility index (Phi) is 8.24. The van der Waals surface area contributed by atoms with Gasteiger partial charge in [0.25, 0.3) is 5.91 Å². The van der Waals surface area contributed by atoms with Crippen molar-refractivity contribution in [1.82, 2.24) is 5.32 Å². The summed E-state index contributed by atoms with van der Waals surface area (Å²) in [6.07, 6.45) is 6.06. The highest BCUT2D eigenvalue weighted by Gasteiger charge is 2.20. The third-order valence-electron chi connectivity index (χ3n) is 6.02. The number of nitrogens with zero attached hydrogens (tertiary/aromatic N) is 1. The fraction of sp³-hybridized carbons (Fsp3) is 0.308.